The van der Waals surface area contributed by atoms with Crippen LogP contribution in [0.5, 0.6) is 0 Å². The molecule has 0 aromatic heterocycles. The summed E-state index contributed by atoms with van der Waals surface area (Å²) in [5.74, 6) is -2.66. The van der Waals surface area contributed by atoms with Gasteiger partial charge < -0.3 is 4.74 Å². The van der Waals surface area contributed by atoms with Gasteiger partial charge in [0.05, 0.1) is 13.0 Å². The van der Waals surface area contributed by atoms with E-state index in [1.807, 2.05) is 0 Å². The summed E-state index contributed by atoms with van der Waals surface area (Å²) in [6, 6.07) is 13.0. The summed E-state index contributed by atoms with van der Waals surface area (Å²) in [6.45, 7) is 1.66. The van der Waals surface area contributed by atoms with Crippen LogP contribution >= 0.6 is 0 Å². The lowest BCUT2D eigenvalue weighted by Crippen LogP contribution is -2.20. The summed E-state index contributed by atoms with van der Waals surface area (Å²) in [5.41, 5.74) is 1.57. The average Bonchev–Trinajstić information content (AvgIpc) is 2.57. The third-order valence-electron chi connectivity index (χ3n) is 3.43. The van der Waals surface area contributed by atoms with Crippen molar-refractivity contribution >= 4 is 17.5 Å². The molecule has 2 aromatic rings. The molecule has 0 saturated heterocycles. The minimum atomic E-state index is -1.01. The van der Waals surface area contributed by atoms with E-state index in [-0.39, 0.29) is 12.4 Å². The minimum absolute atomic E-state index is 0.0802. The van der Waals surface area contributed by atoms with Gasteiger partial charge in [-0.2, -0.15) is 0 Å². The molecule has 0 saturated carbocycles. The van der Waals surface area contributed by atoms with Crippen LogP contribution in [0.15, 0.2) is 48.5 Å². The van der Waals surface area contributed by atoms with E-state index in [9.17, 15) is 18.8 Å². The molecule has 0 unspecified atom stereocenters. The lowest BCUT2D eigenvalue weighted by atomic mass is 9.99. The van der Waals surface area contributed by atoms with E-state index < -0.39 is 24.0 Å². The molecular formula is C19H17FO4. The molecule has 24 heavy (non-hydrogen) atoms. The molecule has 0 bridgehead atoms. The lowest BCUT2D eigenvalue weighted by Gasteiger charge is -2.06. The number of rotatable bonds is 7. The number of carbonyl (C=O) groups is 3. The molecule has 2 aromatic carbocycles. The van der Waals surface area contributed by atoms with Gasteiger partial charge in [-0.25, -0.2) is 9.18 Å². The smallest absolute Gasteiger partial charge is 0.375 e. The first-order valence-corrected chi connectivity index (χ1v) is 7.56. The molecular weight excluding hydrogens is 311 g/mol. The van der Waals surface area contributed by atoms with E-state index in [0.717, 1.165) is 5.56 Å². The molecule has 0 spiro atoms. The fourth-order valence-electron chi connectivity index (χ4n) is 2.25. The van der Waals surface area contributed by atoms with Gasteiger partial charge in [0.2, 0.25) is 5.78 Å². The number of hydrogen-bond donors (Lipinski definition) is 0. The Balaban J connectivity index is 2.09. The Morgan fingerprint density at radius 1 is 1.04 bits per heavy atom. The first-order valence-electron chi connectivity index (χ1n) is 7.56. The van der Waals surface area contributed by atoms with E-state index >= 15 is 0 Å². The quantitative estimate of drug-likeness (QED) is 0.339. The van der Waals surface area contributed by atoms with Crippen molar-refractivity contribution in [2.24, 2.45) is 0 Å². The highest BCUT2D eigenvalue weighted by Crippen LogP contribution is 2.15. The van der Waals surface area contributed by atoms with Crippen LogP contribution in [0.2, 0.25) is 0 Å². The standard InChI is InChI=1S/C19H17FO4/c1-2-24-19(23)18(22)12-17(21)15-8-5-6-13(11-15)10-14-7-3-4-9-16(14)20/h3-9,11H,2,10,12H2,1H3. The van der Waals surface area contributed by atoms with E-state index in [4.69, 9.17) is 0 Å². The molecule has 2 rings (SSSR count). The van der Waals surface area contributed by atoms with Crippen molar-refractivity contribution in [3.05, 3.63) is 71.0 Å². The van der Waals surface area contributed by atoms with Crippen molar-refractivity contribution in [1.82, 2.24) is 0 Å². The van der Waals surface area contributed by atoms with Crippen LogP contribution in [-0.4, -0.2) is 24.1 Å². The Morgan fingerprint density at radius 3 is 2.50 bits per heavy atom. The van der Waals surface area contributed by atoms with Gasteiger partial charge in [0.15, 0.2) is 5.78 Å². The molecule has 0 N–H and O–H groups in total. The third kappa shape index (κ3) is 4.59. The van der Waals surface area contributed by atoms with Crippen LogP contribution in [0.1, 0.15) is 34.8 Å². The minimum Gasteiger partial charge on any atom is -0.460 e. The van der Waals surface area contributed by atoms with Crippen LogP contribution in [-0.2, 0) is 20.7 Å². The SMILES string of the molecule is CCOC(=O)C(=O)CC(=O)c1cccc(Cc2ccccc2F)c1. The maximum Gasteiger partial charge on any atom is 0.375 e. The van der Waals surface area contributed by atoms with Crippen molar-refractivity contribution in [2.75, 3.05) is 6.61 Å². The maximum atomic E-state index is 13.7. The van der Waals surface area contributed by atoms with Gasteiger partial charge in [0, 0.05) is 12.0 Å². The van der Waals surface area contributed by atoms with E-state index in [0.29, 0.717) is 17.5 Å². The van der Waals surface area contributed by atoms with Gasteiger partial charge in [-0.3, -0.25) is 9.59 Å². The number of ketones is 2. The van der Waals surface area contributed by atoms with E-state index in [1.165, 1.54) is 6.07 Å². The highest BCUT2D eigenvalue weighted by atomic mass is 19.1. The number of carbonyl (C=O) groups excluding carboxylic acids is 3. The van der Waals surface area contributed by atoms with Crippen molar-refractivity contribution in [2.45, 2.75) is 19.8 Å². The Hall–Kier alpha value is -2.82. The predicted octanol–water partition coefficient (Wildman–Crippen LogP) is 3.12. The van der Waals surface area contributed by atoms with Crippen LogP contribution in [0.4, 0.5) is 4.39 Å². The van der Waals surface area contributed by atoms with Crippen LogP contribution < -0.4 is 0 Å². The van der Waals surface area contributed by atoms with Crippen LogP contribution in [0.25, 0.3) is 0 Å². The summed E-state index contributed by atoms with van der Waals surface area (Å²) in [7, 11) is 0. The second-order valence-electron chi connectivity index (χ2n) is 5.21. The van der Waals surface area contributed by atoms with Crippen molar-refractivity contribution in [3.8, 4) is 0 Å². The van der Waals surface area contributed by atoms with Crippen molar-refractivity contribution in [3.63, 3.8) is 0 Å². The molecule has 0 atom stereocenters. The van der Waals surface area contributed by atoms with Gasteiger partial charge in [0.25, 0.3) is 0 Å². The molecule has 0 aliphatic heterocycles. The highest BCUT2D eigenvalue weighted by molar-refractivity contribution is 6.38. The van der Waals surface area contributed by atoms with Crippen molar-refractivity contribution in [1.29, 1.82) is 0 Å². The lowest BCUT2D eigenvalue weighted by molar-refractivity contribution is -0.153. The van der Waals surface area contributed by atoms with Crippen LogP contribution in [0.3, 0.4) is 0 Å². The Bertz CT molecular complexity index is 767. The van der Waals surface area contributed by atoms with E-state index in [2.05, 4.69) is 4.74 Å². The average molecular weight is 328 g/mol. The van der Waals surface area contributed by atoms with E-state index in [1.54, 1.807) is 49.4 Å². The summed E-state index contributed by atoms with van der Waals surface area (Å²) < 4.78 is 18.3. The Morgan fingerprint density at radius 2 is 1.79 bits per heavy atom. The zero-order valence-electron chi connectivity index (χ0n) is 13.3. The number of ether oxygens (including phenoxy) is 1. The largest absolute Gasteiger partial charge is 0.460 e. The molecule has 124 valence electrons. The molecule has 5 heteroatoms. The number of Topliss-reactive ketones (excluding diaryl/α,β-unsaturated/α-hetero) is 2. The van der Waals surface area contributed by atoms with Gasteiger partial charge in [-0.1, -0.05) is 36.4 Å². The van der Waals surface area contributed by atoms with Gasteiger partial charge in [-0.15, -0.1) is 0 Å². The van der Waals surface area contributed by atoms with Gasteiger partial charge in [0.1, 0.15) is 5.82 Å². The highest BCUT2D eigenvalue weighted by Gasteiger charge is 2.20. The number of esters is 1. The summed E-state index contributed by atoms with van der Waals surface area (Å²) in [4.78, 5) is 35.0. The topological polar surface area (TPSA) is 60.4 Å². The first-order chi connectivity index (χ1) is 11.5. The summed E-state index contributed by atoms with van der Waals surface area (Å²) >= 11 is 0. The fourth-order valence-corrected chi connectivity index (χ4v) is 2.25. The second kappa shape index (κ2) is 8.15. The Labute approximate surface area is 139 Å². The first kappa shape index (κ1) is 17.5. The molecule has 4 nitrogen and oxygen atoms in total. The zero-order valence-corrected chi connectivity index (χ0v) is 13.3. The number of halogens is 1. The molecule has 0 radical (unpaired) electrons. The summed E-state index contributed by atoms with van der Waals surface area (Å²) in [5, 5.41) is 0. The monoisotopic (exact) mass is 328 g/mol. The molecule has 0 aliphatic carbocycles. The van der Waals surface area contributed by atoms with Gasteiger partial charge >= 0.3 is 5.97 Å². The predicted molar refractivity (Wildman–Crippen MR) is 86.2 cm³/mol. The summed E-state index contributed by atoms with van der Waals surface area (Å²) in [6.07, 6.45) is -0.207. The normalized spacial score (nSPS) is 10.2. The van der Waals surface area contributed by atoms with Gasteiger partial charge in [-0.05, 0) is 30.2 Å². The molecule has 0 amide bonds. The fraction of sp³-hybridized carbons (Fsp3) is 0.211. The van der Waals surface area contributed by atoms with Crippen LogP contribution in [0, 0.1) is 5.82 Å². The molecule has 0 fully saturated rings. The number of benzene rings is 2. The maximum absolute atomic E-state index is 13.7. The zero-order chi connectivity index (χ0) is 17.5. The van der Waals surface area contributed by atoms with Crippen molar-refractivity contribution < 1.29 is 23.5 Å². The molecule has 0 aliphatic rings. The Kier molecular flexibility index (Phi) is 5.95. The number of hydrogen-bond acceptors (Lipinski definition) is 4. The molecule has 0 heterocycles. The second-order valence-corrected chi connectivity index (χ2v) is 5.21. The third-order valence-corrected chi connectivity index (χ3v) is 3.43.